The smallest absolute Gasteiger partial charge is 0.374 e. The van der Waals surface area contributed by atoms with Gasteiger partial charge in [0.05, 0.1) is 0 Å². The van der Waals surface area contributed by atoms with Crippen molar-refractivity contribution in [2.75, 3.05) is 39.5 Å². The van der Waals surface area contributed by atoms with E-state index in [9.17, 15) is 0 Å². The third kappa shape index (κ3) is 8.60. The lowest BCUT2D eigenvalue weighted by Crippen LogP contribution is -2.46. The Hall–Kier alpha value is -0.763. The van der Waals surface area contributed by atoms with Crippen molar-refractivity contribution in [3.05, 3.63) is 35.9 Å². The highest BCUT2D eigenvalue weighted by molar-refractivity contribution is 6.60. The Morgan fingerprint density at radius 3 is 2.30 bits per heavy atom. The highest BCUT2D eigenvalue weighted by atomic mass is 28.4. The van der Waals surface area contributed by atoms with E-state index in [-0.39, 0.29) is 0 Å². The van der Waals surface area contributed by atoms with E-state index in [2.05, 4.69) is 29.6 Å². The second-order valence-corrected chi connectivity index (χ2v) is 8.01. The molecule has 6 heteroatoms. The zero-order valence-corrected chi connectivity index (χ0v) is 15.6. The van der Waals surface area contributed by atoms with Crippen molar-refractivity contribution in [1.82, 2.24) is 5.32 Å². The normalized spacial score (nSPS) is 11.8. The molecular weight excluding hydrogens is 308 g/mol. The Morgan fingerprint density at radius 1 is 1.00 bits per heavy atom. The minimum Gasteiger partial charge on any atom is -0.374 e. The molecule has 3 N–H and O–H groups in total. The highest BCUT2D eigenvalue weighted by Gasteiger charge is 2.40. The van der Waals surface area contributed by atoms with Crippen LogP contribution >= 0.6 is 0 Å². The third-order valence-corrected chi connectivity index (χ3v) is 6.40. The van der Waals surface area contributed by atoms with E-state index in [1.807, 2.05) is 19.9 Å². The predicted octanol–water partition coefficient (Wildman–Crippen LogP) is 2.20. The predicted molar refractivity (Wildman–Crippen MR) is 96.5 cm³/mol. The molecule has 0 spiro atoms. The van der Waals surface area contributed by atoms with Crippen LogP contribution in [0.1, 0.15) is 25.8 Å². The zero-order valence-electron chi connectivity index (χ0n) is 14.6. The first kappa shape index (κ1) is 20.3. The molecule has 5 nitrogen and oxygen atoms in total. The summed E-state index contributed by atoms with van der Waals surface area (Å²) in [6.07, 6.45) is 1.85. The van der Waals surface area contributed by atoms with Crippen molar-refractivity contribution in [2.45, 2.75) is 32.7 Å². The number of rotatable bonds is 14. The van der Waals surface area contributed by atoms with Gasteiger partial charge in [0.15, 0.2) is 0 Å². The minimum absolute atomic E-state index is 0.617. The number of hydrogen-bond donors (Lipinski definition) is 2. The molecule has 0 aromatic heterocycles. The molecule has 132 valence electrons. The van der Waals surface area contributed by atoms with Gasteiger partial charge in [0.25, 0.3) is 0 Å². The van der Waals surface area contributed by atoms with E-state index in [1.165, 1.54) is 5.56 Å². The summed E-state index contributed by atoms with van der Waals surface area (Å²) in [7, 11) is -2.60. The van der Waals surface area contributed by atoms with Crippen molar-refractivity contribution >= 4 is 8.80 Å². The van der Waals surface area contributed by atoms with E-state index in [0.29, 0.717) is 26.4 Å². The highest BCUT2D eigenvalue weighted by Crippen LogP contribution is 2.19. The van der Waals surface area contributed by atoms with Gasteiger partial charge < -0.3 is 24.3 Å². The van der Waals surface area contributed by atoms with Crippen molar-refractivity contribution in [1.29, 1.82) is 0 Å². The second kappa shape index (κ2) is 12.6. The van der Waals surface area contributed by atoms with Crippen molar-refractivity contribution in [2.24, 2.45) is 5.73 Å². The van der Waals surface area contributed by atoms with Crippen LogP contribution in [0.3, 0.4) is 0 Å². The molecule has 0 aliphatic rings. The van der Waals surface area contributed by atoms with Crippen LogP contribution in [0.25, 0.3) is 0 Å². The lowest BCUT2D eigenvalue weighted by Gasteiger charge is -2.29. The van der Waals surface area contributed by atoms with Crippen LogP contribution in [0.5, 0.6) is 0 Å². The molecule has 1 aromatic rings. The van der Waals surface area contributed by atoms with Crippen molar-refractivity contribution < 1.29 is 13.3 Å². The van der Waals surface area contributed by atoms with Gasteiger partial charge in [0, 0.05) is 39.0 Å². The molecule has 0 saturated heterocycles. The Balaban J connectivity index is 2.50. The van der Waals surface area contributed by atoms with E-state index in [0.717, 1.165) is 32.0 Å². The Morgan fingerprint density at radius 2 is 1.70 bits per heavy atom. The van der Waals surface area contributed by atoms with E-state index >= 15 is 0 Å². The molecule has 0 atom stereocenters. The summed E-state index contributed by atoms with van der Waals surface area (Å²) >= 11 is 0. The van der Waals surface area contributed by atoms with Crippen LogP contribution < -0.4 is 11.1 Å². The number of hydrogen-bond acceptors (Lipinski definition) is 5. The van der Waals surface area contributed by atoms with Crippen LogP contribution in [0.15, 0.2) is 30.3 Å². The van der Waals surface area contributed by atoms with Gasteiger partial charge in [-0.05, 0) is 38.8 Å². The zero-order chi connectivity index (χ0) is 16.8. The number of nitrogens with two attached hydrogens (primary N) is 1. The molecule has 1 aromatic carbocycles. The summed E-state index contributed by atoms with van der Waals surface area (Å²) in [4.78, 5) is 0. The van der Waals surface area contributed by atoms with Crippen molar-refractivity contribution in [3.8, 4) is 0 Å². The summed E-state index contributed by atoms with van der Waals surface area (Å²) in [5.41, 5.74) is 6.75. The second-order valence-electron chi connectivity index (χ2n) is 5.28. The Bertz CT molecular complexity index is 387. The summed E-state index contributed by atoms with van der Waals surface area (Å²) in [5.74, 6) is 0. The van der Waals surface area contributed by atoms with Gasteiger partial charge in [-0.1, -0.05) is 30.3 Å². The molecule has 0 bridgehead atoms. The maximum atomic E-state index is 6.14. The van der Waals surface area contributed by atoms with Gasteiger partial charge in [-0.25, -0.2) is 0 Å². The number of benzene rings is 1. The first-order valence-electron chi connectivity index (χ1n) is 8.63. The van der Waals surface area contributed by atoms with E-state index in [4.69, 9.17) is 19.0 Å². The molecular formula is C17H32N2O3Si. The molecule has 0 aliphatic heterocycles. The maximum absolute atomic E-state index is 6.14. The lowest BCUT2D eigenvalue weighted by atomic mass is 10.2. The summed E-state index contributed by atoms with van der Waals surface area (Å²) in [6, 6.07) is 11.2. The summed E-state index contributed by atoms with van der Waals surface area (Å²) < 4.78 is 18.1. The molecule has 0 heterocycles. The van der Waals surface area contributed by atoms with Crippen LogP contribution in [-0.2, 0) is 19.7 Å². The fraction of sp³-hybridized carbons (Fsp3) is 0.647. The molecule has 1 rings (SSSR count). The fourth-order valence-corrected chi connectivity index (χ4v) is 4.99. The summed E-state index contributed by atoms with van der Waals surface area (Å²) in [5, 5.41) is 3.27. The monoisotopic (exact) mass is 340 g/mol. The third-order valence-electron chi connectivity index (χ3n) is 3.43. The maximum Gasteiger partial charge on any atom is 0.501 e. The first-order valence-corrected chi connectivity index (χ1v) is 10.6. The Labute approximate surface area is 141 Å². The van der Waals surface area contributed by atoms with Gasteiger partial charge in [-0.15, -0.1) is 0 Å². The lowest BCUT2D eigenvalue weighted by molar-refractivity contribution is 0.0663. The largest absolute Gasteiger partial charge is 0.501 e. The number of aryl methyl sites for hydroxylation is 1. The summed E-state index contributed by atoms with van der Waals surface area (Å²) in [6.45, 7) is 8.28. The van der Waals surface area contributed by atoms with Crippen molar-refractivity contribution in [3.63, 3.8) is 0 Å². The van der Waals surface area contributed by atoms with Crippen LogP contribution in [-0.4, -0.2) is 48.3 Å². The van der Waals surface area contributed by atoms with Gasteiger partial charge in [-0.3, -0.25) is 0 Å². The van der Waals surface area contributed by atoms with Gasteiger partial charge in [-0.2, -0.15) is 0 Å². The van der Waals surface area contributed by atoms with Gasteiger partial charge in [0.2, 0.25) is 0 Å². The van der Waals surface area contributed by atoms with Crippen LogP contribution in [0.2, 0.25) is 6.04 Å². The minimum atomic E-state index is -2.60. The van der Waals surface area contributed by atoms with E-state index in [1.54, 1.807) is 0 Å². The molecule has 0 saturated carbocycles. The SMILES string of the molecule is CCO[Si](CCc1ccccc1)(OCC)OCCCNCCN. The standard InChI is InChI=1S/C17H32N2O3Si/c1-3-20-23(21-4-2,22-15-8-13-19-14-12-18)16-11-17-9-6-5-7-10-17/h5-7,9-10,19H,3-4,8,11-16,18H2,1-2H3. The molecule has 0 fully saturated rings. The molecule has 23 heavy (non-hydrogen) atoms. The molecule has 0 aliphatic carbocycles. The average molecular weight is 341 g/mol. The quantitative estimate of drug-likeness (QED) is 0.401. The average Bonchev–Trinajstić information content (AvgIpc) is 2.58. The van der Waals surface area contributed by atoms with Crippen LogP contribution in [0, 0.1) is 0 Å². The van der Waals surface area contributed by atoms with Gasteiger partial charge >= 0.3 is 8.80 Å². The van der Waals surface area contributed by atoms with Crippen LogP contribution in [0.4, 0.5) is 0 Å². The fourth-order valence-electron chi connectivity index (χ4n) is 2.38. The molecule has 0 unspecified atom stereocenters. The first-order chi connectivity index (χ1) is 11.3. The van der Waals surface area contributed by atoms with Gasteiger partial charge in [0.1, 0.15) is 0 Å². The molecule has 0 radical (unpaired) electrons. The Kier molecular flexibility index (Phi) is 11.1. The number of nitrogens with one attached hydrogen (secondary N) is 1. The van der Waals surface area contributed by atoms with E-state index < -0.39 is 8.80 Å². The molecule has 0 amide bonds. The topological polar surface area (TPSA) is 65.7 Å².